The summed E-state index contributed by atoms with van der Waals surface area (Å²) in [5, 5.41) is 2.51. The minimum Gasteiger partial charge on any atom is -0.372 e. The summed E-state index contributed by atoms with van der Waals surface area (Å²) in [7, 11) is 0. The highest BCUT2D eigenvalue weighted by Gasteiger charge is 2.27. The van der Waals surface area contributed by atoms with Crippen molar-refractivity contribution < 1.29 is 27.5 Å². The molecule has 0 aliphatic carbocycles. The van der Waals surface area contributed by atoms with Crippen molar-refractivity contribution in [2.24, 2.45) is 5.73 Å². The number of nitrogens with two attached hydrogens (primary N) is 1. The Morgan fingerprint density at radius 2 is 2.00 bits per heavy atom. The standard InChI is InChI=1S/C13H15F3N2O3/c14-13(15,16)8-21-5-4-11(19)18-7-9-2-1-3-10(6-9)12(17)20/h1-3,6H,4-5,7-8H2,(H2,17,20)(H,18,19). The highest BCUT2D eigenvalue weighted by atomic mass is 19.4. The van der Waals surface area contributed by atoms with E-state index in [0.717, 1.165) is 0 Å². The number of nitrogens with one attached hydrogen (secondary N) is 1. The third-order valence-corrected chi connectivity index (χ3v) is 2.44. The Labute approximate surface area is 119 Å². The molecule has 5 nitrogen and oxygen atoms in total. The van der Waals surface area contributed by atoms with Gasteiger partial charge in [0.15, 0.2) is 0 Å². The molecule has 0 atom stereocenters. The van der Waals surface area contributed by atoms with Crippen LogP contribution in [-0.4, -0.2) is 31.2 Å². The zero-order valence-electron chi connectivity index (χ0n) is 11.1. The zero-order valence-corrected chi connectivity index (χ0v) is 11.1. The largest absolute Gasteiger partial charge is 0.411 e. The van der Waals surface area contributed by atoms with Crippen LogP contribution < -0.4 is 11.1 Å². The van der Waals surface area contributed by atoms with Crippen molar-refractivity contribution >= 4 is 11.8 Å². The molecular weight excluding hydrogens is 289 g/mol. The van der Waals surface area contributed by atoms with Crippen LogP contribution in [0.2, 0.25) is 0 Å². The van der Waals surface area contributed by atoms with Crippen LogP contribution in [0, 0.1) is 0 Å². The van der Waals surface area contributed by atoms with Gasteiger partial charge in [0.2, 0.25) is 11.8 Å². The van der Waals surface area contributed by atoms with Gasteiger partial charge in [0.05, 0.1) is 6.61 Å². The van der Waals surface area contributed by atoms with Gasteiger partial charge < -0.3 is 15.8 Å². The number of alkyl halides is 3. The van der Waals surface area contributed by atoms with Crippen LogP contribution in [0.25, 0.3) is 0 Å². The smallest absolute Gasteiger partial charge is 0.372 e. The second kappa shape index (κ2) is 7.63. The van der Waals surface area contributed by atoms with E-state index in [-0.39, 0.29) is 19.6 Å². The first-order chi connectivity index (χ1) is 9.78. The number of hydrogen-bond acceptors (Lipinski definition) is 3. The van der Waals surface area contributed by atoms with Crippen LogP contribution in [0.3, 0.4) is 0 Å². The van der Waals surface area contributed by atoms with Gasteiger partial charge in [-0.15, -0.1) is 0 Å². The van der Waals surface area contributed by atoms with Crippen LogP contribution in [0.4, 0.5) is 13.2 Å². The lowest BCUT2D eigenvalue weighted by molar-refractivity contribution is -0.174. The second-order valence-electron chi connectivity index (χ2n) is 4.26. The molecule has 3 N–H and O–H groups in total. The number of hydrogen-bond donors (Lipinski definition) is 2. The molecule has 1 rings (SSSR count). The predicted octanol–water partition coefficient (Wildman–Crippen LogP) is 1.37. The number of halogens is 3. The van der Waals surface area contributed by atoms with Gasteiger partial charge in [0.25, 0.3) is 0 Å². The summed E-state index contributed by atoms with van der Waals surface area (Å²) in [6.07, 6.45) is -4.57. The van der Waals surface area contributed by atoms with E-state index in [1.807, 2.05) is 0 Å². The fraction of sp³-hybridized carbons (Fsp3) is 0.385. The van der Waals surface area contributed by atoms with E-state index in [4.69, 9.17) is 5.73 Å². The SMILES string of the molecule is NC(=O)c1cccc(CNC(=O)CCOCC(F)(F)F)c1. The number of benzene rings is 1. The number of primary amides is 1. The van der Waals surface area contributed by atoms with E-state index in [0.29, 0.717) is 11.1 Å². The predicted molar refractivity (Wildman–Crippen MR) is 68.3 cm³/mol. The normalized spacial score (nSPS) is 11.2. The first-order valence-corrected chi connectivity index (χ1v) is 6.08. The monoisotopic (exact) mass is 304 g/mol. The Bertz CT molecular complexity index is 504. The number of carbonyl (C=O) groups is 2. The van der Waals surface area contributed by atoms with Gasteiger partial charge in [-0.2, -0.15) is 13.2 Å². The van der Waals surface area contributed by atoms with Crippen LogP contribution in [-0.2, 0) is 16.1 Å². The van der Waals surface area contributed by atoms with Gasteiger partial charge in [-0.1, -0.05) is 12.1 Å². The molecule has 0 saturated heterocycles. The Morgan fingerprint density at radius 3 is 2.62 bits per heavy atom. The summed E-state index contributed by atoms with van der Waals surface area (Å²) >= 11 is 0. The van der Waals surface area contributed by atoms with E-state index in [1.165, 1.54) is 6.07 Å². The molecule has 0 saturated carbocycles. The molecule has 0 aliphatic rings. The Kier molecular flexibility index (Phi) is 6.16. The van der Waals surface area contributed by atoms with Crippen molar-refractivity contribution in [2.45, 2.75) is 19.1 Å². The van der Waals surface area contributed by atoms with Gasteiger partial charge in [-0.05, 0) is 17.7 Å². The maximum atomic E-state index is 11.8. The molecule has 1 aromatic carbocycles. The first-order valence-electron chi connectivity index (χ1n) is 6.08. The Balaban J connectivity index is 2.30. The molecule has 0 spiro atoms. The molecule has 0 aliphatic heterocycles. The molecule has 0 fully saturated rings. The number of ether oxygens (including phenoxy) is 1. The lowest BCUT2D eigenvalue weighted by Crippen LogP contribution is -2.25. The molecule has 21 heavy (non-hydrogen) atoms. The molecule has 1 aromatic rings. The molecule has 116 valence electrons. The Morgan fingerprint density at radius 1 is 1.29 bits per heavy atom. The minimum absolute atomic E-state index is 0.152. The molecule has 0 heterocycles. The van der Waals surface area contributed by atoms with Crippen molar-refractivity contribution in [3.63, 3.8) is 0 Å². The summed E-state index contributed by atoms with van der Waals surface area (Å²) in [6.45, 7) is -1.53. The third kappa shape index (κ3) is 7.31. The van der Waals surface area contributed by atoms with Crippen molar-refractivity contribution in [3.05, 3.63) is 35.4 Å². The summed E-state index contributed by atoms with van der Waals surface area (Å²) in [4.78, 5) is 22.4. The average molecular weight is 304 g/mol. The van der Waals surface area contributed by atoms with Crippen LogP contribution >= 0.6 is 0 Å². The summed E-state index contributed by atoms with van der Waals surface area (Å²) < 4.78 is 39.7. The minimum atomic E-state index is -4.40. The quantitative estimate of drug-likeness (QED) is 0.747. The highest BCUT2D eigenvalue weighted by molar-refractivity contribution is 5.92. The topological polar surface area (TPSA) is 81.4 Å². The summed E-state index contributed by atoms with van der Waals surface area (Å²) in [6, 6.07) is 6.38. The van der Waals surface area contributed by atoms with Gasteiger partial charge in [-0.3, -0.25) is 9.59 Å². The van der Waals surface area contributed by atoms with Crippen LogP contribution in [0.15, 0.2) is 24.3 Å². The van der Waals surface area contributed by atoms with Gasteiger partial charge in [0.1, 0.15) is 6.61 Å². The second-order valence-corrected chi connectivity index (χ2v) is 4.26. The third-order valence-electron chi connectivity index (χ3n) is 2.44. The maximum absolute atomic E-state index is 11.8. The molecule has 0 aromatic heterocycles. The van der Waals surface area contributed by atoms with E-state index in [2.05, 4.69) is 10.1 Å². The first kappa shape index (κ1) is 17.0. The lowest BCUT2D eigenvalue weighted by atomic mass is 10.1. The van der Waals surface area contributed by atoms with Crippen LogP contribution in [0.1, 0.15) is 22.3 Å². The van der Waals surface area contributed by atoms with Crippen molar-refractivity contribution in [1.82, 2.24) is 5.32 Å². The molecule has 0 radical (unpaired) electrons. The lowest BCUT2D eigenvalue weighted by Gasteiger charge is -2.08. The Hall–Kier alpha value is -2.09. The highest BCUT2D eigenvalue weighted by Crippen LogP contribution is 2.14. The maximum Gasteiger partial charge on any atom is 0.411 e. The van der Waals surface area contributed by atoms with Gasteiger partial charge >= 0.3 is 6.18 Å². The van der Waals surface area contributed by atoms with Crippen LogP contribution in [0.5, 0.6) is 0 Å². The summed E-state index contributed by atoms with van der Waals surface area (Å²) in [5.41, 5.74) is 6.10. The van der Waals surface area contributed by atoms with Crippen molar-refractivity contribution in [1.29, 1.82) is 0 Å². The number of carbonyl (C=O) groups excluding carboxylic acids is 2. The van der Waals surface area contributed by atoms with Crippen molar-refractivity contribution in [3.8, 4) is 0 Å². The molecule has 2 amide bonds. The average Bonchev–Trinajstić information content (AvgIpc) is 2.40. The number of amides is 2. The molecular formula is C13H15F3N2O3. The van der Waals surface area contributed by atoms with E-state index in [9.17, 15) is 22.8 Å². The van der Waals surface area contributed by atoms with E-state index < -0.39 is 24.6 Å². The van der Waals surface area contributed by atoms with Gasteiger partial charge in [0, 0.05) is 18.5 Å². The fourth-order valence-corrected chi connectivity index (χ4v) is 1.48. The molecule has 0 unspecified atom stereocenters. The number of rotatable bonds is 7. The van der Waals surface area contributed by atoms with Crippen molar-refractivity contribution in [2.75, 3.05) is 13.2 Å². The van der Waals surface area contributed by atoms with E-state index in [1.54, 1.807) is 18.2 Å². The fourth-order valence-electron chi connectivity index (χ4n) is 1.48. The molecule has 8 heteroatoms. The van der Waals surface area contributed by atoms with Gasteiger partial charge in [-0.25, -0.2) is 0 Å². The summed E-state index contributed by atoms with van der Waals surface area (Å²) in [5.74, 6) is -1.02. The zero-order chi connectivity index (χ0) is 15.9. The molecule has 0 bridgehead atoms. The van der Waals surface area contributed by atoms with E-state index >= 15 is 0 Å².